The van der Waals surface area contributed by atoms with Crippen LogP contribution in [-0.4, -0.2) is 29.3 Å². The topological polar surface area (TPSA) is 117 Å². The fourth-order valence-electron chi connectivity index (χ4n) is 1.08. The summed E-state index contributed by atoms with van der Waals surface area (Å²) in [5, 5.41) is 25.3. The number of rotatable bonds is 3. The van der Waals surface area contributed by atoms with Gasteiger partial charge in [-0.05, 0) is 6.07 Å². The Labute approximate surface area is 108 Å². The van der Waals surface area contributed by atoms with E-state index < -0.39 is 7.12 Å². The first-order chi connectivity index (χ1) is 7.93. The van der Waals surface area contributed by atoms with Crippen LogP contribution >= 0.6 is 23.2 Å². The van der Waals surface area contributed by atoms with Crippen LogP contribution in [0.5, 0.6) is 0 Å². The van der Waals surface area contributed by atoms with Crippen molar-refractivity contribution in [2.75, 3.05) is 0 Å². The van der Waals surface area contributed by atoms with Crippen molar-refractivity contribution in [1.29, 1.82) is 0 Å². The van der Waals surface area contributed by atoms with Crippen LogP contribution in [0.1, 0.15) is 5.56 Å². The second-order valence-corrected chi connectivity index (χ2v) is 3.79. The van der Waals surface area contributed by atoms with Crippen LogP contribution in [-0.2, 0) is 0 Å². The first kappa shape index (κ1) is 13.8. The number of halogens is 2. The normalized spacial score (nSPS) is 10.6. The second kappa shape index (κ2) is 5.88. The van der Waals surface area contributed by atoms with Crippen LogP contribution in [0.2, 0.25) is 10.0 Å². The first-order valence-electron chi connectivity index (χ1n) is 4.39. The Hall–Kier alpha value is -1.28. The lowest BCUT2D eigenvalue weighted by Crippen LogP contribution is -2.32. The number of hydrogen-bond acceptors (Lipinski definition) is 4. The third kappa shape index (κ3) is 3.60. The summed E-state index contributed by atoms with van der Waals surface area (Å²) >= 11 is 11.7. The van der Waals surface area contributed by atoms with Gasteiger partial charge in [0.2, 0.25) is 5.96 Å². The Morgan fingerprint density at radius 3 is 2.47 bits per heavy atom. The molecule has 0 aromatic heterocycles. The van der Waals surface area contributed by atoms with Gasteiger partial charge in [0, 0.05) is 16.0 Å². The van der Waals surface area contributed by atoms with Gasteiger partial charge < -0.3 is 21.5 Å². The summed E-state index contributed by atoms with van der Waals surface area (Å²) in [6.07, 6.45) is 1.27. The average Bonchev–Trinajstić information content (AvgIpc) is 2.20. The number of nitrogens with zero attached hydrogens (tertiary/aromatic N) is 2. The Morgan fingerprint density at radius 2 is 1.94 bits per heavy atom. The van der Waals surface area contributed by atoms with E-state index in [2.05, 4.69) is 10.2 Å². The zero-order valence-electron chi connectivity index (χ0n) is 8.51. The van der Waals surface area contributed by atoms with Crippen molar-refractivity contribution in [3.05, 3.63) is 27.7 Å². The molecule has 17 heavy (non-hydrogen) atoms. The highest BCUT2D eigenvalue weighted by atomic mass is 35.5. The molecule has 1 aromatic carbocycles. The predicted octanol–water partition coefficient (Wildman–Crippen LogP) is -0.719. The van der Waals surface area contributed by atoms with Crippen LogP contribution < -0.4 is 16.9 Å². The highest BCUT2D eigenvalue weighted by Gasteiger charge is 2.20. The molecule has 6 N–H and O–H groups in total. The van der Waals surface area contributed by atoms with Crippen molar-refractivity contribution in [3.63, 3.8) is 0 Å². The number of hydrogen-bond donors (Lipinski definition) is 4. The van der Waals surface area contributed by atoms with Gasteiger partial charge in [-0.15, -0.1) is 5.10 Å². The minimum Gasteiger partial charge on any atom is -0.423 e. The zero-order valence-corrected chi connectivity index (χ0v) is 10.0. The third-order valence-corrected chi connectivity index (χ3v) is 2.54. The fourth-order valence-corrected chi connectivity index (χ4v) is 1.69. The minimum absolute atomic E-state index is 0.00184. The number of nitrogens with two attached hydrogens (primary N) is 2. The van der Waals surface area contributed by atoms with Gasteiger partial charge in [-0.2, -0.15) is 5.10 Å². The predicted molar refractivity (Wildman–Crippen MR) is 69.7 cm³/mol. The summed E-state index contributed by atoms with van der Waals surface area (Å²) in [7, 11) is -1.77. The molecule has 1 aromatic rings. The van der Waals surface area contributed by atoms with Crippen molar-refractivity contribution >= 4 is 48.0 Å². The van der Waals surface area contributed by atoms with Crippen LogP contribution in [0.4, 0.5) is 0 Å². The summed E-state index contributed by atoms with van der Waals surface area (Å²) < 4.78 is 0. The van der Waals surface area contributed by atoms with Gasteiger partial charge in [0.05, 0.1) is 11.2 Å². The van der Waals surface area contributed by atoms with E-state index in [0.29, 0.717) is 5.56 Å². The highest BCUT2D eigenvalue weighted by molar-refractivity contribution is 6.66. The van der Waals surface area contributed by atoms with Crippen LogP contribution in [0.3, 0.4) is 0 Å². The molecule has 0 amide bonds. The van der Waals surface area contributed by atoms with Crippen molar-refractivity contribution in [2.45, 2.75) is 0 Å². The molecule has 9 heteroatoms. The van der Waals surface area contributed by atoms with Gasteiger partial charge in [0.15, 0.2) is 0 Å². The van der Waals surface area contributed by atoms with Gasteiger partial charge in [-0.3, -0.25) is 0 Å². The molecular weight excluding hydrogens is 266 g/mol. The largest absolute Gasteiger partial charge is 0.491 e. The first-order valence-corrected chi connectivity index (χ1v) is 5.15. The van der Waals surface area contributed by atoms with Crippen molar-refractivity contribution in [2.24, 2.45) is 21.7 Å². The smallest absolute Gasteiger partial charge is 0.423 e. The van der Waals surface area contributed by atoms with E-state index in [9.17, 15) is 0 Å². The maximum atomic E-state index is 9.10. The lowest BCUT2D eigenvalue weighted by molar-refractivity contribution is 0.426. The van der Waals surface area contributed by atoms with Gasteiger partial charge >= 0.3 is 7.12 Å². The molecule has 0 radical (unpaired) electrons. The number of benzene rings is 1. The fraction of sp³-hybridized carbons (Fsp3) is 0. The summed E-state index contributed by atoms with van der Waals surface area (Å²) in [6, 6.07) is 3.00. The average molecular weight is 275 g/mol. The van der Waals surface area contributed by atoms with Gasteiger partial charge in [-0.25, -0.2) is 0 Å². The van der Waals surface area contributed by atoms with E-state index >= 15 is 0 Å². The summed E-state index contributed by atoms with van der Waals surface area (Å²) in [5.74, 6) is -0.200. The molecule has 0 aliphatic carbocycles. The quantitative estimate of drug-likeness (QED) is 0.252. The monoisotopic (exact) mass is 274 g/mol. The molecule has 0 unspecified atom stereocenters. The highest BCUT2D eigenvalue weighted by Crippen LogP contribution is 2.17. The van der Waals surface area contributed by atoms with E-state index in [-0.39, 0.29) is 21.5 Å². The number of guanidine groups is 1. The maximum Gasteiger partial charge on any atom is 0.491 e. The van der Waals surface area contributed by atoms with E-state index in [1.54, 1.807) is 6.07 Å². The second-order valence-electron chi connectivity index (χ2n) is 3.01. The van der Waals surface area contributed by atoms with E-state index in [4.69, 9.17) is 44.7 Å². The molecule has 0 heterocycles. The van der Waals surface area contributed by atoms with E-state index in [0.717, 1.165) is 0 Å². The molecule has 0 saturated carbocycles. The Morgan fingerprint density at radius 1 is 1.29 bits per heavy atom. The Balaban J connectivity index is 3.15. The van der Waals surface area contributed by atoms with Crippen molar-refractivity contribution in [3.8, 4) is 0 Å². The maximum absolute atomic E-state index is 9.10. The Kier molecular flexibility index (Phi) is 4.77. The minimum atomic E-state index is -1.77. The molecule has 0 aliphatic rings. The molecule has 1 rings (SSSR count). The molecule has 90 valence electrons. The Bertz CT molecular complexity index is 475. The van der Waals surface area contributed by atoms with Crippen LogP contribution in [0, 0.1) is 0 Å². The molecule has 0 bridgehead atoms. The third-order valence-electron chi connectivity index (χ3n) is 1.78. The summed E-state index contributed by atoms with van der Waals surface area (Å²) in [6.45, 7) is 0. The molecular formula is C8H9BCl2N4O2. The SMILES string of the molecule is NC(N)=NN=Cc1ccc(Cl)c(B(O)O)c1Cl. The van der Waals surface area contributed by atoms with Crippen LogP contribution in [0.25, 0.3) is 0 Å². The lowest BCUT2D eigenvalue weighted by atomic mass is 9.79. The molecule has 6 nitrogen and oxygen atoms in total. The van der Waals surface area contributed by atoms with E-state index in [1.807, 2.05) is 0 Å². The molecule has 0 spiro atoms. The van der Waals surface area contributed by atoms with Crippen molar-refractivity contribution < 1.29 is 10.0 Å². The molecule has 0 saturated heterocycles. The standard InChI is InChI=1S/C8H9BCl2N4O2/c10-5-2-1-4(3-14-15-8(12)13)7(11)6(5)9(16)17/h1-3,16-17H,(H4,12,13,15). The summed E-state index contributed by atoms with van der Waals surface area (Å²) in [5.41, 5.74) is 10.6. The lowest BCUT2D eigenvalue weighted by Gasteiger charge is -2.07. The zero-order chi connectivity index (χ0) is 13.0. The van der Waals surface area contributed by atoms with Gasteiger partial charge in [0.1, 0.15) is 0 Å². The van der Waals surface area contributed by atoms with Gasteiger partial charge in [0.25, 0.3) is 0 Å². The molecule has 0 atom stereocenters. The van der Waals surface area contributed by atoms with Gasteiger partial charge in [-0.1, -0.05) is 29.3 Å². The summed E-state index contributed by atoms with van der Waals surface area (Å²) in [4.78, 5) is 0. The molecule has 0 aliphatic heterocycles. The van der Waals surface area contributed by atoms with Crippen molar-refractivity contribution in [1.82, 2.24) is 0 Å². The van der Waals surface area contributed by atoms with Crippen LogP contribution in [0.15, 0.2) is 22.3 Å². The van der Waals surface area contributed by atoms with E-state index in [1.165, 1.54) is 12.3 Å². The molecule has 0 fully saturated rings.